The zero-order chi connectivity index (χ0) is 9.14. The molecule has 0 aromatic carbocycles. The lowest BCUT2D eigenvalue weighted by Crippen LogP contribution is -2.02. The SMILES string of the molecule is CC(N)=Cc1nc(C)nc(N)n1. The number of nitrogens with two attached hydrogens (primary N) is 2. The van der Waals surface area contributed by atoms with E-state index in [1.807, 2.05) is 0 Å². The lowest BCUT2D eigenvalue weighted by Gasteiger charge is -1.97. The van der Waals surface area contributed by atoms with E-state index in [4.69, 9.17) is 11.5 Å². The second kappa shape index (κ2) is 3.17. The van der Waals surface area contributed by atoms with E-state index in [-0.39, 0.29) is 5.95 Å². The van der Waals surface area contributed by atoms with Gasteiger partial charge in [-0.3, -0.25) is 0 Å². The summed E-state index contributed by atoms with van der Waals surface area (Å²) in [5.74, 6) is 1.31. The molecule has 0 bridgehead atoms. The number of nitrogen functional groups attached to an aromatic ring is 1. The zero-order valence-electron chi connectivity index (χ0n) is 7.07. The standard InChI is InChI=1S/C7H11N5/c1-4(8)3-6-10-5(2)11-7(9)12-6/h3H,8H2,1-2H3,(H2,9,10,11,12). The van der Waals surface area contributed by atoms with Crippen LogP contribution in [-0.4, -0.2) is 15.0 Å². The molecule has 5 heteroatoms. The van der Waals surface area contributed by atoms with Crippen LogP contribution >= 0.6 is 0 Å². The Morgan fingerprint density at radius 2 is 2.00 bits per heavy atom. The van der Waals surface area contributed by atoms with Crippen molar-refractivity contribution in [3.8, 4) is 0 Å². The molecule has 1 aromatic rings. The van der Waals surface area contributed by atoms with E-state index in [0.29, 0.717) is 17.3 Å². The highest BCUT2D eigenvalue weighted by Gasteiger charge is 1.96. The number of aromatic nitrogens is 3. The highest BCUT2D eigenvalue weighted by molar-refractivity contribution is 5.44. The van der Waals surface area contributed by atoms with Gasteiger partial charge in [0, 0.05) is 11.8 Å². The van der Waals surface area contributed by atoms with Crippen molar-refractivity contribution in [3.63, 3.8) is 0 Å². The number of hydrogen-bond donors (Lipinski definition) is 2. The van der Waals surface area contributed by atoms with E-state index >= 15 is 0 Å². The number of nitrogens with zero attached hydrogens (tertiary/aromatic N) is 3. The lowest BCUT2D eigenvalue weighted by molar-refractivity contribution is 0.970. The molecule has 0 spiro atoms. The van der Waals surface area contributed by atoms with E-state index in [9.17, 15) is 0 Å². The van der Waals surface area contributed by atoms with Gasteiger partial charge in [-0.15, -0.1) is 0 Å². The highest BCUT2D eigenvalue weighted by atomic mass is 15.1. The molecule has 0 unspecified atom stereocenters. The molecule has 0 aliphatic carbocycles. The van der Waals surface area contributed by atoms with Gasteiger partial charge in [-0.1, -0.05) is 0 Å². The van der Waals surface area contributed by atoms with Gasteiger partial charge >= 0.3 is 0 Å². The summed E-state index contributed by atoms with van der Waals surface area (Å²) < 4.78 is 0. The molecule has 0 radical (unpaired) electrons. The summed E-state index contributed by atoms with van der Waals surface area (Å²) in [4.78, 5) is 11.7. The van der Waals surface area contributed by atoms with Crippen LogP contribution in [0.4, 0.5) is 5.95 Å². The Morgan fingerprint density at radius 3 is 2.50 bits per heavy atom. The van der Waals surface area contributed by atoms with E-state index < -0.39 is 0 Å². The molecule has 64 valence electrons. The second-order valence-corrected chi connectivity index (χ2v) is 2.49. The average Bonchev–Trinajstić information content (AvgIpc) is 1.81. The quantitative estimate of drug-likeness (QED) is 0.615. The van der Waals surface area contributed by atoms with Gasteiger partial charge in [-0.2, -0.15) is 9.97 Å². The molecule has 1 aromatic heterocycles. The first kappa shape index (κ1) is 8.45. The summed E-state index contributed by atoms with van der Waals surface area (Å²) in [6.45, 7) is 3.51. The minimum atomic E-state index is 0.218. The van der Waals surface area contributed by atoms with Crippen LogP contribution in [0.15, 0.2) is 5.70 Å². The predicted molar refractivity (Wildman–Crippen MR) is 46.8 cm³/mol. The number of allylic oxidation sites excluding steroid dienone is 1. The summed E-state index contributed by atoms with van der Waals surface area (Å²) >= 11 is 0. The maximum absolute atomic E-state index is 5.44. The predicted octanol–water partition coefficient (Wildman–Crippen LogP) is 0.0817. The highest BCUT2D eigenvalue weighted by Crippen LogP contribution is 1.99. The van der Waals surface area contributed by atoms with Crippen molar-refractivity contribution in [1.82, 2.24) is 15.0 Å². The molecule has 0 aliphatic rings. The Balaban J connectivity index is 3.09. The van der Waals surface area contributed by atoms with Crippen LogP contribution in [0.5, 0.6) is 0 Å². The molecule has 0 fully saturated rings. The van der Waals surface area contributed by atoms with Crippen molar-refractivity contribution in [2.75, 3.05) is 5.73 Å². The van der Waals surface area contributed by atoms with Gasteiger partial charge in [0.25, 0.3) is 0 Å². The van der Waals surface area contributed by atoms with E-state index in [2.05, 4.69) is 15.0 Å². The Morgan fingerprint density at radius 1 is 1.33 bits per heavy atom. The third-order valence-electron chi connectivity index (χ3n) is 1.14. The monoisotopic (exact) mass is 165 g/mol. The molecular weight excluding hydrogens is 154 g/mol. The zero-order valence-corrected chi connectivity index (χ0v) is 7.07. The number of hydrogen-bond acceptors (Lipinski definition) is 5. The van der Waals surface area contributed by atoms with Crippen LogP contribution in [0.1, 0.15) is 18.6 Å². The molecular formula is C7H11N5. The Kier molecular flexibility index (Phi) is 2.23. The van der Waals surface area contributed by atoms with Gasteiger partial charge in [-0.25, -0.2) is 4.98 Å². The van der Waals surface area contributed by atoms with Gasteiger partial charge in [0.1, 0.15) is 5.82 Å². The molecule has 0 saturated carbocycles. The molecule has 0 aliphatic heterocycles. The lowest BCUT2D eigenvalue weighted by atomic mass is 10.4. The van der Waals surface area contributed by atoms with Crippen molar-refractivity contribution in [3.05, 3.63) is 17.3 Å². The van der Waals surface area contributed by atoms with E-state index in [1.165, 1.54) is 0 Å². The van der Waals surface area contributed by atoms with Crippen molar-refractivity contribution in [1.29, 1.82) is 0 Å². The first-order chi connectivity index (χ1) is 5.58. The second-order valence-electron chi connectivity index (χ2n) is 2.49. The third-order valence-corrected chi connectivity index (χ3v) is 1.14. The first-order valence-corrected chi connectivity index (χ1v) is 3.50. The van der Waals surface area contributed by atoms with Gasteiger partial charge in [-0.05, 0) is 13.8 Å². The van der Waals surface area contributed by atoms with E-state index in [0.717, 1.165) is 0 Å². The summed E-state index contributed by atoms with van der Waals surface area (Å²) in [5.41, 5.74) is 11.5. The summed E-state index contributed by atoms with van der Waals surface area (Å²) in [6.07, 6.45) is 1.64. The maximum Gasteiger partial charge on any atom is 0.223 e. The fourth-order valence-corrected chi connectivity index (χ4v) is 0.792. The first-order valence-electron chi connectivity index (χ1n) is 3.50. The van der Waals surface area contributed by atoms with Gasteiger partial charge in [0.2, 0.25) is 5.95 Å². The topological polar surface area (TPSA) is 90.7 Å². The number of rotatable bonds is 1. The van der Waals surface area contributed by atoms with Crippen LogP contribution in [0.25, 0.3) is 6.08 Å². The summed E-state index contributed by atoms with van der Waals surface area (Å²) in [7, 11) is 0. The van der Waals surface area contributed by atoms with Crippen LogP contribution in [0.3, 0.4) is 0 Å². The molecule has 1 rings (SSSR count). The minimum Gasteiger partial charge on any atom is -0.402 e. The molecule has 0 amide bonds. The Hall–Kier alpha value is -1.65. The normalized spacial score (nSPS) is 11.7. The number of aryl methyl sites for hydroxylation is 1. The van der Waals surface area contributed by atoms with Crippen molar-refractivity contribution in [2.24, 2.45) is 5.73 Å². The van der Waals surface area contributed by atoms with Crippen molar-refractivity contribution >= 4 is 12.0 Å². The smallest absolute Gasteiger partial charge is 0.223 e. The van der Waals surface area contributed by atoms with Crippen molar-refractivity contribution < 1.29 is 0 Å². The van der Waals surface area contributed by atoms with Crippen LogP contribution < -0.4 is 11.5 Å². The number of anilines is 1. The molecule has 0 saturated heterocycles. The Labute approximate surface area is 70.5 Å². The molecule has 12 heavy (non-hydrogen) atoms. The molecule has 5 nitrogen and oxygen atoms in total. The molecule has 0 atom stereocenters. The van der Waals surface area contributed by atoms with E-state index in [1.54, 1.807) is 19.9 Å². The Bertz CT molecular complexity index is 293. The minimum absolute atomic E-state index is 0.218. The molecule has 1 heterocycles. The van der Waals surface area contributed by atoms with Crippen LogP contribution in [0, 0.1) is 6.92 Å². The van der Waals surface area contributed by atoms with Gasteiger partial charge in [0.05, 0.1) is 0 Å². The summed E-state index contributed by atoms with van der Waals surface area (Å²) in [6, 6.07) is 0. The average molecular weight is 165 g/mol. The molecule has 4 N–H and O–H groups in total. The largest absolute Gasteiger partial charge is 0.402 e. The van der Waals surface area contributed by atoms with Gasteiger partial charge in [0.15, 0.2) is 5.82 Å². The van der Waals surface area contributed by atoms with Crippen molar-refractivity contribution in [2.45, 2.75) is 13.8 Å². The van der Waals surface area contributed by atoms with Gasteiger partial charge < -0.3 is 11.5 Å². The fraction of sp³-hybridized carbons (Fsp3) is 0.286. The summed E-state index contributed by atoms with van der Waals surface area (Å²) in [5, 5.41) is 0. The maximum atomic E-state index is 5.44. The fourth-order valence-electron chi connectivity index (χ4n) is 0.792. The van der Waals surface area contributed by atoms with Crippen LogP contribution in [-0.2, 0) is 0 Å². The van der Waals surface area contributed by atoms with Crippen LogP contribution in [0.2, 0.25) is 0 Å². The third kappa shape index (κ3) is 2.19.